The van der Waals surface area contributed by atoms with Crippen molar-refractivity contribution in [2.45, 2.75) is 50.7 Å². The molecule has 4 heterocycles. The van der Waals surface area contributed by atoms with Gasteiger partial charge in [0.05, 0.1) is 34.2 Å². The summed E-state index contributed by atoms with van der Waals surface area (Å²) in [5.74, 6) is 8.76. The molecule has 0 radical (unpaired) electrons. The number of fused-ring (bicyclic) bond motifs is 4. The summed E-state index contributed by atoms with van der Waals surface area (Å²) in [5.41, 5.74) is 6.15. The summed E-state index contributed by atoms with van der Waals surface area (Å²) >= 11 is 0. The first-order chi connectivity index (χ1) is 17.2. The van der Waals surface area contributed by atoms with E-state index in [0.717, 1.165) is 75.0 Å². The molecule has 2 saturated heterocycles. The number of hydrogen-bond acceptors (Lipinski definition) is 4. The molecule has 3 aromatic carbocycles. The van der Waals surface area contributed by atoms with Gasteiger partial charge in [0.1, 0.15) is 11.6 Å². The van der Waals surface area contributed by atoms with Crippen molar-refractivity contribution in [2.75, 3.05) is 6.54 Å². The van der Waals surface area contributed by atoms with Crippen LogP contribution in [0.3, 0.4) is 0 Å². The highest BCUT2D eigenvalue weighted by Crippen LogP contribution is 2.30. The minimum atomic E-state index is 0.315. The second-order valence-electron chi connectivity index (χ2n) is 9.97. The number of benzene rings is 3. The quantitative estimate of drug-likeness (QED) is 0.272. The zero-order valence-corrected chi connectivity index (χ0v) is 19.8. The number of nitrogens with zero attached hydrogens (tertiary/aromatic N) is 2. The molecule has 4 N–H and O–H groups in total. The molecule has 174 valence electrons. The Morgan fingerprint density at radius 3 is 2.46 bits per heavy atom. The van der Waals surface area contributed by atoms with E-state index in [1.54, 1.807) is 0 Å². The smallest absolute Gasteiger partial charge is 0.124 e. The van der Waals surface area contributed by atoms with Crippen molar-refractivity contribution in [1.82, 2.24) is 30.6 Å². The van der Waals surface area contributed by atoms with Gasteiger partial charge in [-0.15, -0.1) is 0 Å². The van der Waals surface area contributed by atoms with Crippen LogP contribution in [0.2, 0.25) is 0 Å². The van der Waals surface area contributed by atoms with Crippen molar-refractivity contribution < 1.29 is 0 Å². The van der Waals surface area contributed by atoms with Crippen LogP contribution in [-0.2, 0) is 0 Å². The molecule has 0 bridgehead atoms. The number of rotatable bonds is 2. The first-order valence-electron chi connectivity index (χ1n) is 12.6. The van der Waals surface area contributed by atoms with Crippen LogP contribution >= 0.6 is 0 Å². The molecule has 5 aromatic rings. The zero-order chi connectivity index (χ0) is 23.4. The van der Waals surface area contributed by atoms with E-state index in [1.807, 2.05) is 0 Å². The van der Waals surface area contributed by atoms with Crippen molar-refractivity contribution in [3.05, 3.63) is 71.3 Å². The van der Waals surface area contributed by atoms with Crippen LogP contribution in [0.1, 0.15) is 67.5 Å². The zero-order valence-electron chi connectivity index (χ0n) is 19.8. The van der Waals surface area contributed by atoms with Crippen LogP contribution in [0.15, 0.2) is 48.5 Å². The van der Waals surface area contributed by atoms with Crippen molar-refractivity contribution in [2.24, 2.45) is 0 Å². The van der Waals surface area contributed by atoms with Gasteiger partial charge in [0, 0.05) is 22.6 Å². The van der Waals surface area contributed by atoms with Gasteiger partial charge in [-0.2, -0.15) is 0 Å². The normalized spacial score (nSPS) is 22.3. The molecule has 2 aliphatic rings. The summed E-state index contributed by atoms with van der Waals surface area (Å²) in [6, 6.07) is 18.1. The summed E-state index contributed by atoms with van der Waals surface area (Å²) in [6.45, 7) is 3.30. The number of imidazole rings is 2. The fraction of sp³-hybridized carbons (Fsp3) is 0.310. The Kier molecular flexibility index (Phi) is 4.86. The minimum absolute atomic E-state index is 0.315. The Morgan fingerprint density at radius 1 is 0.800 bits per heavy atom. The fourth-order valence-electron chi connectivity index (χ4n) is 5.54. The Labute approximate surface area is 203 Å². The summed E-state index contributed by atoms with van der Waals surface area (Å²) in [5, 5.41) is 9.45. The molecule has 7 rings (SSSR count). The van der Waals surface area contributed by atoms with Crippen molar-refractivity contribution in [1.29, 1.82) is 0 Å². The minimum Gasteiger partial charge on any atom is -0.341 e. The van der Waals surface area contributed by atoms with Gasteiger partial charge in [-0.05, 0) is 80.9 Å². The first-order valence-corrected chi connectivity index (χ1v) is 12.6. The summed E-state index contributed by atoms with van der Waals surface area (Å²) in [4.78, 5) is 16.8. The second-order valence-corrected chi connectivity index (χ2v) is 9.97. The highest BCUT2D eigenvalue weighted by Gasteiger charge is 2.24. The molecule has 6 nitrogen and oxygen atoms in total. The van der Waals surface area contributed by atoms with Crippen LogP contribution in [-0.4, -0.2) is 32.5 Å². The summed E-state index contributed by atoms with van der Waals surface area (Å²) < 4.78 is 0. The topological polar surface area (TPSA) is 81.4 Å². The number of nitrogens with one attached hydrogen (secondary N) is 4. The van der Waals surface area contributed by atoms with Gasteiger partial charge in [0.15, 0.2) is 0 Å². The Balaban J connectivity index is 1.18. The van der Waals surface area contributed by atoms with Crippen LogP contribution in [0.4, 0.5) is 0 Å². The maximum atomic E-state index is 4.97. The van der Waals surface area contributed by atoms with Crippen LogP contribution in [0.5, 0.6) is 0 Å². The van der Waals surface area contributed by atoms with Crippen molar-refractivity contribution >= 4 is 32.8 Å². The molecule has 6 heteroatoms. The lowest BCUT2D eigenvalue weighted by Gasteiger charge is -2.07. The van der Waals surface area contributed by atoms with Crippen LogP contribution in [0.25, 0.3) is 32.8 Å². The van der Waals surface area contributed by atoms with E-state index in [2.05, 4.69) is 87.9 Å². The monoisotopic (exact) mass is 460 g/mol. The van der Waals surface area contributed by atoms with Gasteiger partial charge in [-0.1, -0.05) is 24.0 Å². The second kappa shape index (κ2) is 8.23. The van der Waals surface area contributed by atoms with E-state index in [1.165, 1.54) is 12.8 Å². The Bertz CT molecular complexity index is 1630. The van der Waals surface area contributed by atoms with E-state index in [9.17, 15) is 0 Å². The third-order valence-corrected chi connectivity index (χ3v) is 7.43. The van der Waals surface area contributed by atoms with Crippen molar-refractivity contribution in [3.63, 3.8) is 0 Å². The van der Waals surface area contributed by atoms with Crippen molar-refractivity contribution in [3.8, 4) is 11.8 Å². The molecule has 3 atom stereocenters. The van der Waals surface area contributed by atoms with Crippen LogP contribution < -0.4 is 10.6 Å². The van der Waals surface area contributed by atoms with Gasteiger partial charge in [0.2, 0.25) is 0 Å². The standard InChI is InChI=1S/C29H28N6/c1-17-4-11-25(31-17)29-33-23-13-9-20-15-18(7-10-21(20)27(23)35-29)5-6-19-8-12-22-26(16-19)34-28(32-22)24-3-2-14-30-24/h7-10,12-13,15-17,24-25,30-31H,2-4,11,14H2,1H3,(H,32,34)(H,33,35). The first kappa shape index (κ1) is 20.7. The summed E-state index contributed by atoms with van der Waals surface area (Å²) in [7, 11) is 0. The lowest BCUT2D eigenvalue weighted by atomic mass is 10.1. The largest absolute Gasteiger partial charge is 0.341 e. The van der Waals surface area contributed by atoms with Gasteiger partial charge in [-0.3, -0.25) is 0 Å². The Hall–Kier alpha value is -3.66. The maximum Gasteiger partial charge on any atom is 0.124 e. The molecule has 0 saturated carbocycles. The third-order valence-electron chi connectivity index (χ3n) is 7.43. The maximum absolute atomic E-state index is 4.97. The average Bonchev–Trinajstić information content (AvgIpc) is 3.67. The molecule has 2 aromatic heterocycles. The molecule has 35 heavy (non-hydrogen) atoms. The van der Waals surface area contributed by atoms with E-state index < -0.39 is 0 Å². The molecule has 3 unspecified atom stereocenters. The lowest BCUT2D eigenvalue weighted by molar-refractivity contribution is 0.565. The van der Waals surface area contributed by atoms with E-state index in [-0.39, 0.29) is 0 Å². The molecular weight excluding hydrogens is 432 g/mol. The highest BCUT2D eigenvalue weighted by molar-refractivity contribution is 6.04. The van der Waals surface area contributed by atoms with Crippen LogP contribution in [0, 0.1) is 11.8 Å². The third kappa shape index (κ3) is 3.78. The van der Waals surface area contributed by atoms with E-state index >= 15 is 0 Å². The predicted octanol–water partition coefficient (Wildman–Crippen LogP) is 5.23. The fourth-order valence-corrected chi connectivity index (χ4v) is 5.54. The predicted molar refractivity (Wildman–Crippen MR) is 140 cm³/mol. The molecule has 0 aliphatic carbocycles. The number of aromatic nitrogens is 4. The molecule has 0 amide bonds. The van der Waals surface area contributed by atoms with E-state index in [4.69, 9.17) is 9.97 Å². The molecular formula is C29H28N6. The highest BCUT2D eigenvalue weighted by atomic mass is 15.1. The van der Waals surface area contributed by atoms with Gasteiger partial charge in [0.25, 0.3) is 0 Å². The molecule has 2 aliphatic heterocycles. The average molecular weight is 461 g/mol. The SMILES string of the molecule is CC1CCC(c2nc3c(ccc4cc(C#Cc5ccc6nc(C7CCCN7)[nH]c6c5)ccc43)[nH]2)N1. The molecule has 0 spiro atoms. The Morgan fingerprint density at radius 2 is 1.63 bits per heavy atom. The molecule has 2 fully saturated rings. The van der Waals surface area contributed by atoms with Gasteiger partial charge >= 0.3 is 0 Å². The summed E-state index contributed by atoms with van der Waals surface area (Å²) in [6.07, 6.45) is 4.66. The lowest BCUT2D eigenvalue weighted by Crippen LogP contribution is -2.21. The number of hydrogen-bond donors (Lipinski definition) is 4. The number of aromatic amines is 2. The van der Waals surface area contributed by atoms with Gasteiger partial charge in [-0.25, -0.2) is 9.97 Å². The van der Waals surface area contributed by atoms with E-state index in [0.29, 0.717) is 18.1 Å². The van der Waals surface area contributed by atoms with Gasteiger partial charge < -0.3 is 20.6 Å². The number of H-pyrrole nitrogens is 2.